The Labute approximate surface area is 213 Å². The van der Waals surface area contributed by atoms with Crippen LogP contribution in [0.25, 0.3) is 0 Å². The number of nitrogens with one attached hydrogen (secondary N) is 1. The summed E-state index contributed by atoms with van der Waals surface area (Å²) in [5.74, 6) is 0.637. The van der Waals surface area contributed by atoms with E-state index in [9.17, 15) is 14.4 Å². The standard InChI is InChI=1S/C29H35N3O4/c1-21(2)30-27(33)17-23-14-15-31-18-24(23)12-8-16-36-26-13-7-6-11-25(26)19-32(20-28(31)34)29(35)22-9-4-3-5-10-22/h3-13,21,23-24H,14-20H2,1-2H3,(H,30,33)/t23-,24-/m0/s1. The molecular weight excluding hydrogens is 454 g/mol. The van der Waals surface area contributed by atoms with E-state index in [4.69, 9.17) is 4.74 Å². The minimum atomic E-state index is -0.191. The van der Waals surface area contributed by atoms with Crippen molar-refractivity contribution in [2.75, 3.05) is 26.2 Å². The lowest BCUT2D eigenvalue weighted by atomic mass is 9.82. The molecule has 190 valence electrons. The lowest BCUT2D eigenvalue weighted by Crippen LogP contribution is -2.48. The van der Waals surface area contributed by atoms with E-state index >= 15 is 0 Å². The highest BCUT2D eigenvalue weighted by atomic mass is 16.5. The van der Waals surface area contributed by atoms with Crippen LogP contribution in [0.3, 0.4) is 0 Å². The normalized spacial score (nSPS) is 20.5. The van der Waals surface area contributed by atoms with Crippen LogP contribution >= 0.6 is 0 Å². The van der Waals surface area contributed by atoms with Crippen molar-refractivity contribution in [2.45, 2.75) is 39.3 Å². The zero-order valence-electron chi connectivity index (χ0n) is 21.1. The van der Waals surface area contributed by atoms with Crippen LogP contribution in [0.4, 0.5) is 0 Å². The van der Waals surface area contributed by atoms with Crippen molar-refractivity contribution in [2.24, 2.45) is 11.8 Å². The molecule has 4 rings (SSSR count). The Morgan fingerprint density at radius 3 is 2.58 bits per heavy atom. The van der Waals surface area contributed by atoms with Gasteiger partial charge in [0.15, 0.2) is 0 Å². The summed E-state index contributed by atoms with van der Waals surface area (Å²) >= 11 is 0. The third-order valence-corrected chi connectivity index (χ3v) is 6.74. The van der Waals surface area contributed by atoms with Crippen LogP contribution in [0.15, 0.2) is 66.7 Å². The minimum absolute atomic E-state index is 0.0169. The van der Waals surface area contributed by atoms with Gasteiger partial charge in [-0.05, 0) is 50.3 Å². The lowest BCUT2D eigenvalue weighted by molar-refractivity contribution is -0.134. The van der Waals surface area contributed by atoms with E-state index in [2.05, 4.69) is 11.4 Å². The van der Waals surface area contributed by atoms with Crippen LogP contribution in [0, 0.1) is 11.8 Å². The predicted octanol–water partition coefficient (Wildman–Crippen LogP) is 3.66. The van der Waals surface area contributed by atoms with E-state index in [-0.39, 0.29) is 48.7 Å². The molecule has 0 saturated carbocycles. The number of carbonyl (C=O) groups excluding carboxylic acids is 3. The first-order valence-corrected chi connectivity index (χ1v) is 12.7. The number of nitrogens with zero attached hydrogens (tertiary/aromatic N) is 2. The fraction of sp³-hybridized carbons (Fsp3) is 0.414. The zero-order valence-corrected chi connectivity index (χ0v) is 21.1. The maximum atomic E-state index is 13.5. The van der Waals surface area contributed by atoms with Gasteiger partial charge in [-0.15, -0.1) is 0 Å². The van der Waals surface area contributed by atoms with E-state index in [1.165, 1.54) is 0 Å². The van der Waals surface area contributed by atoms with Crippen molar-refractivity contribution in [3.63, 3.8) is 0 Å². The van der Waals surface area contributed by atoms with Gasteiger partial charge >= 0.3 is 0 Å². The van der Waals surface area contributed by atoms with E-state index in [0.29, 0.717) is 37.4 Å². The second-order valence-corrected chi connectivity index (χ2v) is 9.85. The van der Waals surface area contributed by atoms with Crippen LogP contribution < -0.4 is 10.1 Å². The molecule has 1 fully saturated rings. The van der Waals surface area contributed by atoms with Crippen LogP contribution in [0.1, 0.15) is 42.6 Å². The summed E-state index contributed by atoms with van der Waals surface area (Å²) in [5.41, 5.74) is 1.39. The quantitative estimate of drug-likeness (QED) is 0.665. The Hall–Kier alpha value is -3.61. The van der Waals surface area contributed by atoms with Gasteiger partial charge in [0, 0.05) is 36.7 Å². The van der Waals surface area contributed by atoms with Gasteiger partial charge < -0.3 is 19.9 Å². The first kappa shape index (κ1) is 25.5. The molecule has 2 aromatic rings. The molecular formula is C29H35N3O4. The predicted molar refractivity (Wildman–Crippen MR) is 138 cm³/mol. The first-order valence-electron chi connectivity index (χ1n) is 12.7. The fourth-order valence-electron chi connectivity index (χ4n) is 4.92. The van der Waals surface area contributed by atoms with Crippen molar-refractivity contribution >= 4 is 17.7 Å². The van der Waals surface area contributed by atoms with E-state index in [1.54, 1.807) is 17.0 Å². The molecule has 0 unspecified atom stereocenters. The summed E-state index contributed by atoms with van der Waals surface area (Å²) in [6.45, 7) is 5.63. The monoisotopic (exact) mass is 489 g/mol. The van der Waals surface area contributed by atoms with Crippen LogP contribution in [-0.2, 0) is 16.1 Å². The molecule has 7 heteroatoms. The number of benzene rings is 2. The Morgan fingerprint density at radius 1 is 1.06 bits per heavy atom. The summed E-state index contributed by atoms with van der Waals surface area (Å²) in [6, 6.07) is 16.8. The van der Waals surface area contributed by atoms with Crippen molar-refractivity contribution in [3.8, 4) is 5.75 Å². The van der Waals surface area contributed by atoms with Gasteiger partial charge in [0.05, 0.1) is 6.54 Å². The van der Waals surface area contributed by atoms with Gasteiger partial charge in [-0.3, -0.25) is 14.4 Å². The number of rotatable bonds is 4. The Balaban J connectivity index is 1.60. The molecule has 0 radical (unpaired) electrons. The molecule has 2 aromatic carbocycles. The molecule has 2 heterocycles. The second kappa shape index (κ2) is 11.9. The topological polar surface area (TPSA) is 79.0 Å². The number of carbonyl (C=O) groups is 3. The highest BCUT2D eigenvalue weighted by Crippen LogP contribution is 2.29. The molecule has 36 heavy (non-hydrogen) atoms. The molecule has 7 nitrogen and oxygen atoms in total. The van der Waals surface area contributed by atoms with Gasteiger partial charge in [0.1, 0.15) is 18.9 Å². The summed E-state index contributed by atoms with van der Waals surface area (Å²) in [7, 11) is 0. The summed E-state index contributed by atoms with van der Waals surface area (Å²) in [6.07, 6.45) is 5.23. The van der Waals surface area contributed by atoms with Gasteiger partial charge in [0.25, 0.3) is 5.91 Å². The third-order valence-electron chi connectivity index (χ3n) is 6.74. The summed E-state index contributed by atoms with van der Waals surface area (Å²) < 4.78 is 6.07. The van der Waals surface area contributed by atoms with Gasteiger partial charge in [-0.25, -0.2) is 0 Å². The van der Waals surface area contributed by atoms with E-state index < -0.39 is 0 Å². The summed E-state index contributed by atoms with van der Waals surface area (Å²) in [4.78, 5) is 42.8. The molecule has 2 bridgehead atoms. The Kier molecular flexibility index (Phi) is 8.41. The highest BCUT2D eigenvalue weighted by molar-refractivity contribution is 5.96. The lowest BCUT2D eigenvalue weighted by Gasteiger charge is -2.38. The number of fused-ring (bicyclic) bond motifs is 3. The molecule has 0 aromatic heterocycles. The maximum Gasteiger partial charge on any atom is 0.254 e. The van der Waals surface area contributed by atoms with E-state index in [0.717, 1.165) is 12.0 Å². The third kappa shape index (κ3) is 6.53. The van der Waals surface area contributed by atoms with Crippen molar-refractivity contribution in [1.82, 2.24) is 15.1 Å². The Bertz CT molecular complexity index is 1100. The Morgan fingerprint density at radius 2 is 1.81 bits per heavy atom. The first-order chi connectivity index (χ1) is 17.4. The minimum Gasteiger partial charge on any atom is -0.489 e. The molecule has 0 spiro atoms. The molecule has 1 N–H and O–H groups in total. The molecule has 3 amide bonds. The maximum absolute atomic E-state index is 13.5. The zero-order chi connectivity index (χ0) is 25.5. The molecule has 2 atom stereocenters. The number of hydrogen-bond donors (Lipinski definition) is 1. The van der Waals surface area contributed by atoms with E-state index in [1.807, 2.05) is 67.3 Å². The van der Waals surface area contributed by atoms with Crippen LogP contribution in [0.5, 0.6) is 5.75 Å². The molecule has 2 aliphatic rings. The van der Waals surface area contributed by atoms with Gasteiger partial charge in [-0.1, -0.05) is 48.6 Å². The van der Waals surface area contributed by atoms with Crippen molar-refractivity contribution in [3.05, 3.63) is 77.9 Å². The number of para-hydroxylation sites is 1. The number of hydrogen-bond acceptors (Lipinski definition) is 4. The van der Waals surface area contributed by atoms with Gasteiger partial charge in [-0.2, -0.15) is 0 Å². The molecule has 2 aliphatic heterocycles. The van der Waals surface area contributed by atoms with Crippen LogP contribution in [0.2, 0.25) is 0 Å². The molecule has 0 aliphatic carbocycles. The average Bonchev–Trinajstić information content (AvgIpc) is 2.87. The highest BCUT2D eigenvalue weighted by Gasteiger charge is 2.33. The van der Waals surface area contributed by atoms with Crippen molar-refractivity contribution in [1.29, 1.82) is 0 Å². The number of piperidine rings is 1. The van der Waals surface area contributed by atoms with Crippen LogP contribution in [-0.4, -0.2) is 59.8 Å². The SMILES string of the molecule is CC(C)NC(=O)C[C@@H]1CCN2C[C@@H]1C=CCOc1ccccc1CN(C(=O)c1ccccc1)CC2=O. The number of amides is 3. The smallest absolute Gasteiger partial charge is 0.254 e. The average molecular weight is 490 g/mol. The summed E-state index contributed by atoms with van der Waals surface area (Å²) in [5, 5.41) is 2.98. The second-order valence-electron chi connectivity index (χ2n) is 9.85. The fourth-order valence-corrected chi connectivity index (χ4v) is 4.92. The molecule has 1 saturated heterocycles. The number of ether oxygens (including phenoxy) is 1. The van der Waals surface area contributed by atoms with Gasteiger partial charge in [0.2, 0.25) is 11.8 Å². The van der Waals surface area contributed by atoms with Crippen molar-refractivity contribution < 1.29 is 19.1 Å². The largest absolute Gasteiger partial charge is 0.489 e.